The lowest BCUT2D eigenvalue weighted by atomic mass is 9.95. The average molecular weight is 308 g/mol. The molecule has 1 saturated heterocycles. The fraction of sp³-hybridized carbons (Fsp3) is 0.750. The number of aromatic nitrogens is 2. The van der Waals surface area contributed by atoms with Crippen molar-refractivity contribution in [1.29, 1.82) is 0 Å². The van der Waals surface area contributed by atoms with E-state index in [1.165, 1.54) is 0 Å². The van der Waals surface area contributed by atoms with E-state index in [1.54, 1.807) is 4.68 Å². The van der Waals surface area contributed by atoms with Gasteiger partial charge in [-0.25, -0.2) is 4.79 Å². The van der Waals surface area contributed by atoms with Gasteiger partial charge in [0.1, 0.15) is 0 Å². The predicted molar refractivity (Wildman–Crippen MR) is 85.6 cm³/mol. The quantitative estimate of drug-likeness (QED) is 0.895. The molecule has 2 amide bonds. The van der Waals surface area contributed by atoms with Gasteiger partial charge in [0.2, 0.25) is 0 Å². The van der Waals surface area contributed by atoms with Gasteiger partial charge in [0.05, 0.1) is 22.9 Å². The number of urea groups is 1. The van der Waals surface area contributed by atoms with Crippen molar-refractivity contribution in [3.63, 3.8) is 0 Å². The standard InChI is InChI=1S/C16H28N4O2/c1-7-12-11(10-20(6)19-12)9-17-14(21)18-13-8-15(2,3)22-16(13,4)5/h10,13H,7-9H2,1-6H3,(H2,17,18,21). The summed E-state index contributed by atoms with van der Waals surface area (Å²) in [4.78, 5) is 12.2. The van der Waals surface area contributed by atoms with Crippen LogP contribution in [0.4, 0.5) is 4.79 Å². The Morgan fingerprint density at radius 1 is 1.45 bits per heavy atom. The highest BCUT2D eigenvalue weighted by Gasteiger charge is 2.46. The number of amides is 2. The fourth-order valence-corrected chi connectivity index (χ4v) is 3.20. The lowest BCUT2D eigenvalue weighted by molar-refractivity contribution is -0.0690. The van der Waals surface area contributed by atoms with E-state index in [0.29, 0.717) is 6.54 Å². The molecule has 2 heterocycles. The minimum atomic E-state index is -0.357. The second-order valence-corrected chi connectivity index (χ2v) is 7.18. The van der Waals surface area contributed by atoms with Crippen LogP contribution < -0.4 is 10.6 Å². The number of carbonyl (C=O) groups excluding carboxylic acids is 1. The predicted octanol–water partition coefficient (Wildman–Crippen LogP) is 2.13. The molecular formula is C16H28N4O2. The van der Waals surface area contributed by atoms with E-state index in [1.807, 2.05) is 27.1 Å². The van der Waals surface area contributed by atoms with Crippen LogP contribution in [-0.4, -0.2) is 33.1 Å². The highest BCUT2D eigenvalue weighted by molar-refractivity contribution is 5.74. The minimum Gasteiger partial charge on any atom is -0.367 e. The molecule has 0 saturated carbocycles. The summed E-state index contributed by atoms with van der Waals surface area (Å²) in [5.41, 5.74) is 1.51. The number of carbonyl (C=O) groups is 1. The van der Waals surface area contributed by atoms with E-state index in [9.17, 15) is 4.79 Å². The molecule has 0 bridgehead atoms. The molecule has 6 heteroatoms. The van der Waals surface area contributed by atoms with Gasteiger partial charge in [-0.15, -0.1) is 0 Å². The monoisotopic (exact) mass is 308 g/mol. The van der Waals surface area contributed by atoms with Crippen LogP contribution in [0.5, 0.6) is 0 Å². The Morgan fingerprint density at radius 2 is 2.14 bits per heavy atom. The first-order valence-electron chi connectivity index (χ1n) is 7.89. The first kappa shape index (κ1) is 16.8. The zero-order valence-electron chi connectivity index (χ0n) is 14.5. The van der Waals surface area contributed by atoms with Gasteiger partial charge >= 0.3 is 6.03 Å². The van der Waals surface area contributed by atoms with Crippen LogP contribution in [0.25, 0.3) is 0 Å². The third-order valence-electron chi connectivity index (χ3n) is 4.15. The van der Waals surface area contributed by atoms with E-state index in [0.717, 1.165) is 24.1 Å². The molecule has 124 valence electrons. The molecule has 1 atom stereocenters. The Bertz CT molecular complexity index is 548. The maximum absolute atomic E-state index is 12.2. The zero-order chi connectivity index (χ0) is 16.5. The fourth-order valence-electron chi connectivity index (χ4n) is 3.20. The van der Waals surface area contributed by atoms with Gasteiger partial charge in [0.15, 0.2) is 0 Å². The second-order valence-electron chi connectivity index (χ2n) is 7.18. The van der Waals surface area contributed by atoms with Crippen LogP contribution in [0.2, 0.25) is 0 Å². The molecule has 1 aromatic rings. The summed E-state index contributed by atoms with van der Waals surface area (Å²) in [5.74, 6) is 0. The number of ether oxygens (including phenoxy) is 1. The molecule has 6 nitrogen and oxygen atoms in total. The highest BCUT2D eigenvalue weighted by Crippen LogP contribution is 2.37. The molecule has 0 spiro atoms. The van der Waals surface area contributed by atoms with Crippen LogP contribution in [-0.2, 0) is 24.8 Å². The SMILES string of the molecule is CCc1nn(C)cc1CNC(=O)NC1CC(C)(C)OC1(C)C. The van der Waals surface area contributed by atoms with Crippen molar-refractivity contribution in [1.82, 2.24) is 20.4 Å². The number of hydrogen-bond acceptors (Lipinski definition) is 3. The van der Waals surface area contributed by atoms with Crippen molar-refractivity contribution in [3.8, 4) is 0 Å². The van der Waals surface area contributed by atoms with Gasteiger partial charge in [0.25, 0.3) is 0 Å². The van der Waals surface area contributed by atoms with E-state index >= 15 is 0 Å². The Morgan fingerprint density at radius 3 is 2.68 bits per heavy atom. The maximum atomic E-state index is 12.2. The van der Waals surface area contributed by atoms with Gasteiger partial charge in [-0.2, -0.15) is 5.10 Å². The molecule has 2 rings (SSSR count). The zero-order valence-corrected chi connectivity index (χ0v) is 14.5. The summed E-state index contributed by atoms with van der Waals surface area (Å²) in [6.07, 6.45) is 3.61. The first-order valence-corrected chi connectivity index (χ1v) is 7.89. The smallest absolute Gasteiger partial charge is 0.315 e. The van der Waals surface area contributed by atoms with Crippen LogP contribution >= 0.6 is 0 Å². The lowest BCUT2D eigenvalue weighted by Crippen LogP contribution is -2.49. The summed E-state index contributed by atoms with van der Waals surface area (Å²) < 4.78 is 7.78. The maximum Gasteiger partial charge on any atom is 0.315 e. The second kappa shape index (κ2) is 5.91. The van der Waals surface area contributed by atoms with Crippen molar-refractivity contribution in [2.45, 2.75) is 71.2 Å². The third kappa shape index (κ3) is 3.80. The average Bonchev–Trinajstić information content (AvgIpc) is 2.83. The molecule has 0 radical (unpaired) electrons. The molecule has 1 unspecified atom stereocenters. The molecule has 22 heavy (non-hydrogen) atoms. The summed E-state index contributed by atoms with van der Waals surface area (Å²) in [7, 11) is 1.89. The summed E-state index contributed by atoms with van der Waals surface area (Å²) in [6.45, 7) is 10.7. The lowest BCUT2D eigenvalue weighted by Gasteiger charge is -2.27. The van der Waals surface area contributed by atoms with Gasteiger partial charge in [0, 0.05) is 25.4 Å². The Hall–Kier alpha value is -1.56. The van der Waals surface area contributed by atoms with Crippen LogP contribution in [0, 0.1) is 0 Å². The Kier molecular flexibility index (Phi) is 4.52. The number of nitrogens with zero attached hydrogens (tertiary/aromatic N) is 2. The van der Waals surface area contributed by atoms with Crippen molar-refractivity contribution in [2.24, 2.45) is 7.05 Å². The Balaban J connectivity index is 1.91. The van der Waals surface area contributed by atoms with E-state index in [-0.39, 0.29) is 23.3 Å². The first-order chi connectivity index (χ1) is 10.1. The number of nitrogens with one attached hydrogen (secondary N) is 2. The van der Waals surface area contributed by atoms with Gasteiger partial charge < -0.3 is 15.4 Å². The minimum absolute atomic E-state index is 0.00189. The van der Waals surface area contributed by atoms with Crippen molar-refractivity contribution in [3.05, 3.63) is 17.5 Å². The van der Waals surface area contributed by atoms with Crippen molar-refractivity contribution < 1.29 is 9.53 Å². The van der Waals surface area contributed by atoms with Gasteiger partial charge in [-0.3, -0.25) is 4.68 Å². The number of rotatable bonds is 4. The Labute approximate surface area is 132 Å². The summed E-state index contributed by atoms with van der Waals surface area (Å²) in [5, 5.41) is 10.3. The summed E-state index contributed by atoms with van der Waals surface area (Å²) in [6, 6.07) is -0.160. The molecule has 2 N–H and O–H groups in total. The van der Waals surface area contributed by atoms with Crippen LogP contribution in [0.1, 0.15) is 52.3 Å². The molecule has 0 aromatic carbocycles. The molecule has 1 aliphatic rings. The van der Waals surface area contributed by atoms with Crippen molar-refractivity contribution >= 4 is 6.03 Å². The van der Waals surface area contributed by atoms with Crippen LogP contribution in [0.15, 0.2) is 6.20 Å². The molecule has 1 aromatic heterocycles. The van der Waals surface area contributed by atoms with E-state index in [4.69, 9.17) is 4.74 Å². The number of hydrogen-bond donors (Lipinski definition) is 2. The number of aryl methyl sites for hydroxylation is 2. The molecular weight excluding hydrogens is 280 g/mol. The van der Waals surface area contributed by atoms with Gasteiger partial charge in [-0.1, -0.05) is 6.92 Å². The normalized spacial score (nSPS) is 22.5. The highest BCUT2D eigenvalue weighted by atomic mass is 16.5. The summed E-state index contributed by atoms with van der Waals surface area (Å²) >= 11 is 0. The van der Waals surface area contributed by atoms with Gasteiger partial charge in [-0.05, 0) is 40.5 Å². The third-order valence-corrected chi connectivity index (χ3v) is 4.15. The van der Waals surface area contributed by atoms with E-state index < -0.39 is 0 Å². The topological polar surface area (TPSA) is 68.2 Å². The largest absolute Gasteiger partial charge is 0.367 e. The van der Waals surface area contributed by atoms with E-state index in [2.05, 4.69) is 36.5 Å². The molecule has 0 aliphatic carbocycles. The van der Waals surface area contributed by atoms with Crippen LogP contribution in [0.3, 0.4) is 0 Å². The van der Waals surface area contributed by atoms with Crippen molar-refractivity contribution in [2.75, 3.05) is 0 Å². The molecule has 1 fully saturated rings. The molecule has 1 aliphatic heterocycles.